The van der Waals surface area contributed by atoms with Gasteiger partial charge in [-0.2, -0.15) is 5.10 Å². The Morgan fingerprint density at radius 2 is 2.35 bits per heavy atom. The van der Waals surface area contributed by atoms with E-state index in [0.717, 1.165) is 19.1 Å². The maximum atomic E-state index is 4.21. The summed E-state index contributed by atoms with van der Waals surface area (Å²) in [4.78, 5) is 0. The summed E-state index contributed by atoms with van der Waals surface area (Å²) < 4.78 is 2.01. The molecule has 1 aliphatic rings. The van der Waals surface area contributed by atoms with E-state index >= 15 is 0 Å². The molecule has 0 bridgehead atoms. The molecule has 3 heteroatoms. The third-order valence-corrected chi connectivity index (χ3v) is 3.76. The molecule has 17 heavy (non-hydrogen) atoms. The quantitative estimate of drug-likeness (QED) is 0.795. The van der Waals surface area contributed by atoms with Crippen molar-refractivity contribution in [2.75, 3.05) is 6.54 Å². The van der Waals surface area contributed by atoms with Crippen molar-refractivity contribution in [1.82, 2.24) is 15.1 Å². The molecule has 96 valence electrons. The van der Waals surface area contributed by atoms with Gasteiger partial charge in [0.1, 0.15) is 0 Å². The van der Waals surface area contributed by atoms with E-state index in [1.807, 2.05) is 23.1 Å². The molecule has 0 saturated heterocycles. The van der Waals surface area contributed by atoms with Gasteiger partial charge in [-0.15, -0.1) is 0 Å². The summed E-state index contributed by atoms with van der Waals surface area (Å²) in [6.07, 6.45) is 10.5. The van der Waals surface area contributed by atoms with E-state index in [-0.39, 0.29) is 0 Å². The van der Waals surface area contributed by atoms with Gasteiger partial charge in [0, 0.05) is 25.0 Å². The molecular weight excluding hydrogens is 210 g/mol. The lowest BCUT2D eigenvalue weighted by molar-refractivity contribution is 0.198. The molecule has 3 nitrogen and oxygen atoms in total. The van der Waals surface area contributed by atoms with Gasteiger partial charge in [0.25, 0.3) is 0 Å². The van der Waals surface area contributed by atoms with Crippen molar-refractivity contribution in [3.63, 3.8) is 0 Å². The van der Waals surface area contributed by atoms with Crippen molar-refractivity contribution >= 4 is 0 Å². The molecule has 0 amide bonds. The summed E-state index contributed by atoms with van der Waals surface area (Å²) in [7, 11) is 0. The fourth-order valence-corrected chi connectivity index (χ4v) is 2.85. The van der Waals surface area contributed by atoms with E-state index in [1.165, 1.54) is 32.1 Å². The van der Waals surface area contributed by atoms with Crippen LogP contribution in [0.25, 0.3) is 0 Å². The van der Waals surface area contributed by atoms with Gasteiger partial charge in [-0.05, 0) is 43.7 Å². The third-order valence-electron chi connectivity index (χ3n) is 3.76. The summed E-state index contributed by atoms with van der Waals surface area (Å²) in [5, 5.41) is 7.91. The zero-order valence-corrected chi connectivity index (χ0v) is 11.2. The van der Waals surface area contributed by atoms with Gasteiger partial charge < -0.3 is 5.32 Å². The summed E-state index contributed by atoms with van der Waals surface area (Å²) in [5.74, 6) is 0. The molecule has 1 aromatic heterocycles. The Morgan fingerprint density at radius 3 is 3.06 bits per heavy atom. The van der Waals surface area contributed by atoms with Crippen LogP contribution in [0.4, 0.5) is 0 Å². The zero-order valence-electron chi connectivity index (χ0n) is 11.2. The Balaban J connectivity index is 1.62. The predicted octanol–water partition coefficient (Wildman–Crippen LogP) is 2.83. The van der Waals surface area contributed by atoms with Crippen LogP contribution in [0.15, 0.2) is 18.5 Å². The van der Waals surface area contributed by atoms with Crippen LogP contribution in [0.5, 0.6) is 0 Å². The van der Waals surface area contributed by atoms with Crippen LogP contribution in [0, 0.1) is 5.41 Å². The first-order valence-corrected chi connectivity index (χ1v) is 6.87. The Bertz CT molecular complexity index is 316. The molecule has 1 N–H and O–H groups in total. The number of rotatable bonds is 5. The molecule has 1 aromatic rings. The van der Waals surface area contributed by atoms with Crippen molar-refractivity contribution in [3.05, 3.63) is 18.5 Å². The van der Waals surface area contributed by atoms with Crippen molar-refractivity contribution in [2.45, 2.75) is 58.5 Å². The number of hydrogen-bond donors (Lipinski definition) is 1. The van der Waals surface area contributed by atoms with Crippen molar-refractivity contribution in [3.8, 4) is 0 Å². The molecule has 0 radical (unpaired) electrons. The molecule has 1 heterocycles. The second-order valence-electron chi connectivity index (χ2n) is 6.03. The first-order valence-electron chi connectivity index (χ1n) is 6.87. The number of nitrogens with zero attached hydrogens (tertiary/aromatic N) is 2. The number of aromatic nitrogens is 2. The van der Waals surface area contributed by atoms with E-state index in [4.69, 9.17) is 0 Å². The Kier molecular flexibility index (Phi) is 4.21. The normalized spacial score (nSPS) is 23.8. The van der Waals surface area contributed by atoms with Crippen molar-refractivity contribution in [2.24, 2.45) is 5.41 Å². The molecule has 2 rings (SSSR count). The minimum atomic E-state index is 0.540. The lowest BCUT2D eigenvalue weighted by atomic mass is 9.75. The van der Waals surface area contributed by atoms with Crippen LogP contribution >= 0.6 is 0 Å². The van der Waals surface area contributed by atoms with E-state index in [0.29, 0.717) is 5.41 Å². The van der Waals surface area contributed by atoms with Gasteiger partial charge in [-0.1, -0.05) is 20.3 Å². The highest BCUT2D eigenvalue weighted by atomic mass is 15.3. The van der Waals surface area contributed by atoms with Gasteiger partial charge in [-0.3, -0.25) is 4.68 Å². The fourth-order valence-electron chi connectivity index (χ4n) is 2.85. The number of hydrogen-bond acceptors (Lipinski definition) is 2. The summed E-state index contributed by atoms with van der Waals surface area (Å²) in [6.45, 7) is 6.92. The second-order valence-corrected chi connectivity index (χ2v) is 6.03. The number of aryl methyl sites for hydroxylation is 1. The minimum Gasteiger partial charge on any atom is -0.314 e. The minimum absolute atomic E-state index is 0.540. The van der Waals surface area contributed by atoms with Gasteiger partial charge in [0.05, 0.1) is 0 Å². The lowest BCUT2D eigenvalue weighted by Gasteiger charge is -2.35. The SMILES string of the molecule is CC1(C)CCCC(NCCCn2cccn2)C1. The first kappa shape index (κ1) is 12.6. The molecule has 0 spiro atoms. The Hall–Kier alpha value is -0.830. The van der Waals surface area contributed by atoms with Crippen LogP contribution < -0.4 is 5.32 Å². The fraction of sp³-hybridized carbons (Fsp3) is 0.786. The molecule has 1 unspecified atom stereocenters. The van der Waals surface area contributed by atoms with Crippen LogP contribution in [0.2, 0.25) is 0 Å². The molecular formula is C14H25N3. The summed E-state index contributed by atoms with van der Waals surface area (Å²) >= 11 is 0. The zero-order chi connectivity index (χ0) is 12.1. The predicted molar refractivity (Wildman–Crippen MR) is 70.9 cm³/mol. The van der Waals surface area contributed by atoms with Crippen molar-refractivity contribution < 1.29 is 0 Å². The van der Waals surface area contributed by atoms with Gasteiger partial charge in [-0.25, -0.2) is 0 Å². The lowest BCUT2D eigenvalue weighted by Crippen LogP contribution is -2.37. The largest absolute Gasteiger partial charge is 0.314 e. The molecule has 1 saturated carbocycles. The second kappa shape index (κ2) is 5.67. The van der Waals surface area contributed by atoms with E-state index in [2.05, 4.69) is 24.3 Å². The molecule has 0 aliphatic heterocycles. The monoisotopic (exact) mass is 235 g/mol. The summed E-state index contributed by atoms with van der Waals surface area (Å²) in [6, 6.07) is 2.72. The Morgan fingerprint density at radius 1 is 1.47 bits per heavy atom. The van der Waals surface area contributed by atoms with Gasteiger partial charge >= 0.3 is 0 Å². The standard InChI is InChI=1S/C14H25N3/c1-14(2)7-3-6-13(12-14)15-8-4-10-17-11-5-9-16-17/h5,9,11,13,15H,3-4,6-8,10,12H2,1-2H3. The highest BCUT2D eigenvalue weighted by Crippen LogP contribution is 2.34. The van der Waals surface area contributed by atoms with Crippen LogP contribution in [0.1, 0.15) is 46.0 Å². The topological polar surface area (TPSA) is 29.9 Å². The average Bonchev–Trinajstić information content (AvgIpc) is 2.76. The van der Waals surface area contributed by atoms with E-state index < -0.39 is 0 Å². The van der Waals surface area contributed by atoms with Crippen molar-refractivity contribution in [1.29, 1.82) is 0 Å². The third kappa shape index (κ3) is 4.15. The first-order chi connectivity index (χ1) is 8.16. The molecule has 0 aromatic carbocycles. The van der Waals surface area contributed by atoms with E-state index in [9.17, 15) is 0 Å². The van der Waals surface area contributed by atoms with Gasteiger partial charge in [0.2, 0.25) is 0 Å². The summed E-state index contributed by atoms with van der Waals surface area (Å²) in [5.41, 5.74) is 0.540. The molecule has 1 atom stereocenters. The number of nitrogens with one attached hydrogen (secondary N) is 1. The van der Waals surface area contributed by atoms with Gasteiger partial charge in [0.15, 0.2) is 0 Å². The molecule has 1 aliphatic carbocycles. The Labute approximate surface area is 105 Å². The van der Waals surface area contributed by atoms with E-state index in [1.54, 1.807) is 0 Å². The average molecular weight is 235 g/mol. The maximum Gasteiger partial charge on any atom is 0.0489 e. The highest BCUT2D eigenvalue weighted by Gasteiger charge is 2.27. The smallest absolute Gasteiger partial charge is 0.0489 e. The maximum absolute atomic E-state index is 4.21. The van der Waals surface area contributed by atoms with Crippen LogP contribution in [0.3, 0.4) is 0 Å². The van der Waals surface area contributed by atoms with Crippen LogP contribution in [-0.2, 0) is 6.54 Å². The van der Waals surface area contributed by atoms with Crippen LogP contribution in [-0.4, -0.2) is 22.4 Å². The molecule has 1 fully saturated rings. The highest BCUT2D eigenvalue weighted by molar-refractivity contribution is 4.83.